The standard InChI is InChI=1S/C30H18N4O4S2/c31-15-20(13-19-6-2-4-8-25(19)37-16-27(35)34-30-32-11-12-39-30)28-33-24(17-40-28)23-14-22-21-7-3-1-5-18(21)9-10-26(22)38-29(23)36/h1-14,17H,16H2,(H,32,34,35)/b20-13+. The molecule has 8 nitrogen and oxygen atoms in total. The van der Waals surface area contributed by atoms with Crippen molar-refractivity contribution in [3.63, 3.8) is 0 Å². The molecule has 0 fully saturated rings. The zero-order valence-corrected chi connectivity index (χ0v) is 22.3. The van der Waals surface area contributed by atoms with Crippen molar-refractivity contribution < 1.29 is 13.9 Å². The highest BCUT2D eigenvalue weighted by molar-refractivity contribution is 7.13. The van der Waals surface area contributed by atoms with Crippen LogP contribution in [0.2, 0.25) is 0 Å². The zero-order chi connectivity index (χ0) is 27.5. The average Bonchev–Trinajstić information content (AvgIpc) is 3.67. The molecule has 0 aliphatic heterocycles. The normalized spacial score (nSPS) is 11.4. The number of ether oxygens (including phenoxy) is 1. The fourth-order valence-electron chi connectivity index (χ4n) is 4.18. The molecule has 3 aromatic carbocycles. The lowest BCUT2D eigenvalue weighted by Crippen LogP contribution is -2.20. The van der Waals surface area contributed by atoms with Crippen molar-refractivity contribution in [1.29, 1.82) is 5.26 Å². The van der Waals surface area contributed by atoms with Crippen LogP contribution < -0.4 is 15.7 Å². The molecule has 40 heavy (non-hydrogen) atoms. The van der Waals surface area contributed by atoms with Crippen LogP contribution in [-0.4, -0.2) is 22.5 Å². The van der Waals surface area contributed by atoms with Gasteiger partial charge >= 0.3 is 5.63 Å². The minimum absolute atomic E-state index is 0.222. The largest absolute Gasteiger partial charge is 0.483 e. The quantitative estimate of drug-likeness (QED) is 0.132. The van der Waals surface area contributed by atoms with Crippen molar-refractivity contribution in [3.05, 3.63) is 105 Å². The Balaban J connectivity index is 1.29. The van der Waals surface area contributed by atoms with E-state index in [-0.39, 0.29) is 18.1 Å². The fraction of sp³-hybridized carbons (Fsp3) is 0.0333. The number of hydrogen-bond donors (Lipinski definition) is 1. The highest BCUT2D eigenvalue weighted by Crippen LogP contribution is 2.31. The second-order valence-corrected chi connectivity index (χ2v) is 10.3. The number of allylic oxidation sites excluding steroid dienone is 1. The summed E-state index contributed by atoms with van der Waals surface area (Å²) in [5, 5.41) is 19.8. The molecule has 6 rings (SSSR count). The number of benzene rings is 3. The van der Waals surface area contributed by atoms with Gasteiger partial charge in [0, 0.05) is 27.9 Å². The first-order valence-electron chi connectivity index (χ1n) is 12.0. The number of thiazole rings is 2. The van der Waals surface area contributed by atoms with Gasteiger partial charge in [-0.3, -0.25) is 10.1 Å². The number of hydrogen-bond acceptors (Lipinski definition) is 9. The number of aromatic nitrogens is 2. The van der Waals surface area contributed by atoms with Crippen molar-refractivity contribution >= 4 is 67.1 Å². The van der Waals surface area contributed by atoms with E-state index in [0.717, 1.165) is 16.2 Å². The van der Waals surface area contributed by atoms with Crippen LogP contribution in [0.15, 0.2) is 92.9 Å². The average molecular weight is 563 g/mol. The van der Waals surface area contributed by atoms with E-state index in [2.05, 4.69) is 21.4 Å². The first-order valence-corrected chi connectivity index (χ1v) is 13.8. The highest BCUT2D eigenvalue weighted by Gasteiger charge is 2.16. The van der Waals surface area contributed by atoms with Gasteiger partial charge in [0.2, 0.25) is 0 Å². The minimum Gasteiger partial charge on any atom is -0.483 e. The third kappa shape index (κ3) is 5.11. The van der Waals surface area contributed by atoms with Crippen molar-refractivity contribution in [1.82, 2.24) is 9.97 Å². The topological polar surface area (TPSA) is 118 Å². The third-order valence-corrected chi connectivity index (χ3v) is 7.59. The van der Waals surface area contributed by atoms with E-state index in [1.54, 1.807) is 59.4 Å². The molecular formula is C30H18N4O4S2. The van der Waals surface area contributed by atoms with Crippen LogP contribution >= 0.6 is 22.7 Å². The number of anilines is 1. The van der Waals surface area contributed by atoms with E-state index < -0.39 is 5.63 Å². The molecule has 0 saturated carbocycles. The minimum atomic E-state index is -0.503. The van der Waals surface area contributed by atoms with Crippen molar-refractivity contribution in [2.45, 2.75) is 0 Å². The summed E-state index contributed by atoms with van der Waals surface area (Å²) in [5.74, 6) is 0.0872. The van der Waals surface area contributed by atoms with E-state index in [1.165, 1.54) is 22.7 Å². The molecule has 1 N–H and O–H groups in total. The molecule has 1 amide bonds. The summed E-state index contributed by atoms with van der Waals surface area (Å²) in [6, 6.07) is 22.6. The van der Waals surface area contributed by atoms with Crippen LogP contribution in [0.4, 0.5) is 5.13 Å². The summed E-state index contributed by atoms with van der Waals surface area (Å²) in [6.07, 6.45) is 3.25. The van der Waals surface area contributed by atoms with Gasteiger partial charge in [0.05, 0.1) is 16.8 Å². The summed E-state index contributed by atoms with van der Waals surface area (Å²) in [4.78, 5) is 33.7. The van der Waals surface area contributed by atoms with E-state index >= 15 is 0 Å². The lowest BCUT2D eigenvalue weighted by Gasteiger charge is -2.09. The monoisotopic (exact) mass is 562 g/mol. The first kappa shape index (κ1) is 25.2. The van der Waals surface area contributed by atoms with Gasteiger partial charge in [-0.15, -0.1) is 22.7 Å². The Morgan fingerprint density at radius 1 is 1.07 bits per heavy atom. The molecular weight excluding hydrogens is 544 g/mol. The number of amides is 1. The maximum atomic E-state index is 12.8. The SMILES string of the molecule is N#C/C(=C\c1ccccc1OCC(=O)Nc1nccs1)c1nc(-c2cc3c(ccc4ccccc43)oc2=O)cs1. The van der Waals surface area contributed by atoms with Crippen LogP contribution in [0.25, 0.3) is 44.6 Å². The molecule has 0 bridgehead atoms. The Morgan fingerprint density at radius 2 is 1.93 bits per heavy atom. The molecule has 3 aromatic heterocycles. The summed E-state index contributed by atoms with van der Waals surface area (Å²) in [7, 11) is 0. The van der Waals surface area contributed by atoms with Crippen molar-refractivity contribution in [2.75, 3.05) is 11.9 Å². The van der Waals surface area contributed by atoms with Gasteiger partial charge in [0.15, 0.2) is 11.7 Å². The van der Waals surface area contributed by atoms with Gasteiger partial charge in [0.25, 0.3) is 5.91 Å². The van der Waals surface area contributed by atoms with Crippen LogP contribution in [0.3, 0.4) is 0 Å². The number of para-hydroxylation sites is 1. The molecule has 6 aromatic rings. The number of carbonyl (C=O) groups is 1. The Labute approximate surface area is 235 Å². The van der Waals surface area contributed by atoms with Gasteiger partial charge in [-0.2, -0.15) is 5.26 Å². The van der Waals surface area contributed by atoms with Gasteiger partial charge in [-0.05, 0) is 35.0 Å². The van der Waals surface area contributed by atoms with Crippen LogP contribution in [0, 0.1) is 11.3 Å². The Kier molecular flexibility index (Phi) is 6.89. The molecule has 194 valence electrons. The number of carbonyl (C=O) groups excluding carboxylic acids is 1. The second kappa shape index (κ2) is 10.9. The highest BCUT2D eigenvalue weighted by atomic mass is 32.1. The van der Waals surface area contributed by atoms with Crippen molar-refractivity contribution in [2.24, 2.45) is 0 Å². The van der Waals surface area contributed by atoms with E-state index in [1.807, 2.05) is 30.3 Å². The van der Waals surface area contributed by atoms with Crippen LogP contribution in [0.1, 0.15) is 10.6 Å². The molecule has 0 atom stereocenters. The number of nitrogens with zero attached hydrogens (tertiary/aromatic N) is 3. The molecule has 3 heterocycles. The summed E-state index contributed by atoms with van der Waals surface area (Å²) < 4.78 is 11.4. The summed E-state index contributed by atoms with van der Waals surface area (Å²) in [6.45, 7) is -0.222. The number of nitrogens with one attached hydrogen (secondary N) is 1. The Hall–Kier alpha value is -5.11. The molecule has 10 heteroatoms. The Bertz CT molecular complexity index is 2000. The molecule has 0 unspecified atom stereocenters. The van der Waals surface area contributed by atoms with E-state index in [9.17, 15) is 14.9 Å². The molecule has 0 saturated heterocycles. The molecule has 0 aliphatic rings. The molecule has 0 radical (unpaired) electrons. The molecule has 0 aliphatic carbocycles. The maximum Gasteiger partial charge on any atom is 0.345 e. The lowest BCUT2D eigenvalue weighted by atomic mass is 10.0. The number of fused-ring (bicyclic) bond motifs is 3. The summed E-state index contributed by atoms with van der Waals surface area (Å²) in [5.41, 5.74) is 1.63. The maximum absolute atomic E-state index is 12.8. The number of rotatable bonds is 7. The smallest absolute Gasteiger partial charge is 0.345 e. The van der Waals surface area contributed by atoms with Gasteiger partial charge < -0.3 is 9.15 Å². The Morgan fingerprint density at radius 3 is 2.77 bits per heavy atom. The zero-order valence-electron chi connectivity index (χ0n) is 20.7. The van der Waals surface area contributed by atoms with E-state index in [0.29, 0.717) is 38.3 Å². The van der Waals surface area contributed by atoms with E-state index in [4.69, 9.17) is 9.15 Å². The predicted molar refractivity (Wildman–Crippen MR) is 157 cm³/mol. The van der Waals surface area contributed by atoms with Gasteiger partial charge in [0.1, 0.15) is 22.4 Å². The second-order valence-electron chi connectivity index (χ2n) is 8.57. The van der Waals surface area contributed by atoms with Gasteiger partial charge in [-0.1, -0.05) is 48.5 Å². The van der Waals surface area contributed by atoms with Crippen LogP contribution in [-0.2, 0) is 4.79 Å². The predicted octanol–water partition coefficient (Wildman–Crippen LogP) is 6.61. The fourth-order valence-corrected chi connectivity index (χ4v) is 5.51. The van der Waals surface area contributed by atoms with Gasteiger partial charge in [-0.25, -0.2) is 14.8 Å². The molecule has 0 spiro atoms. The summed E-state index contributed by atoms with van der Waals surface area (Å²) >= 11 is 2.56. The lowest BCUT2D eigenvalue weighted by molar-refractivity contribution is -0.118. The number of nitriles is 1. The third-order valence-electron chi connectivity index (χ3n) is 6.03. The van der Waals surface area contributed by atoms with Crippen molar-refractivity contribution in [3.8, 4) is 23.1 Å². The first-order chi connectivity index (χ1) is 19.6. The van der Waals surface area contributed by atoms with Crippen LogP contribution in [0.5, 0.6) is 5.75 Å².